The van der Waals surface area contributed by atoms with Gasteiger partial charge in [-0.2, -0.15) is 0 Å². The summed E-state index contributed by atoms with van der Waals surface area (Å²) < 4.78 is 10.6. The van der Waals surface area contributed by atoms with Gasteiger partial charge < -0.3 is 9.47 Å². The molecule has 0 spiro atoms. The number of fused-ring (bicyclic) bond motifs is 1. The molecule has 0 unspecified atom stereocenters. The average Bonchev–Trinajstić information content (AvgIpc) is 2.65. The van der Waals surface area contributed by atoms with Crippen molar-refractivity contribution in [1.82, 2.24) is 0 Å². The molecule has 0 heterocycles. The minimum atomic E-state index is -1.21. The Hall–Kier alpha value is -1.84. The third kappa shape index (κ3) is 4.46. The molecule has 0 aromatic heterocycles. The van der Waals surface area contributed by atoms with Crippen LogP contribution in [0.15, 0.2) is 24.3 Å². The molecule has 1 aliphatic rings. The normalized spacial score (nSPS) is 18.0. The van der Waals surface area contributed by atoms with Crippen LogP contribution in [0.1, 0.15) is 76.3 Å². The molecule has 0 fully saturated rings. The Labute approximate surface area is 157 Å². The van der Waals surface area contributed by atoms with Gasteiger partial charge in [0.05, 0.1) is 13.2 Å². The van der Waals surface area contributed by atoms with Crippen LogP contribution in [0, 0.1) is 5.41 Å². The van der Waals surface area contributed by atoms with Crippen molar-refractivity contribution in [2.24, 2.45) is 5.41 Å². The van der Waals surface area contributed by atoms with Crippen LogP contribution >= 0.6 is 0 Å². The Morgan fingerprint density at radius 3 is 2.27 bits per heavy atom. The van der Waals surface area contributed by atoms with Gasteiger partial charge in [-0.15, -0.1) is 0 Å². The van der Waals surface area contributed by atoms with Gasteiger partial charge in [-0.25, -0.2) is 0 Å². The minimum absolute atomic E-state index is 0.186. The topological polar surface area (TPSA) is 52.6 Å². The number of ether oxygens (including phenoxy) is 2. The highest BCUT2D eigenvalue weighted by Crippen LogP contribution is 2.46. The van der Waals surface area contributed by atoms with E-state index in [0.717, 1.165) is 18.4 Å². The standard InChI is InChI=1S/C22H32O4/c1-4-7-8-9-12-17-15-22(20(23)25-5-2,21(24)26-6-3)16-18-13-10-11-14-19(17)18/h10-11,13-14,17H,4-9,12,15-16H2,1-3H3/t17-/m1/s1. The van der Waals surface area contributed by atoms with Crippen molar-refractivity contribution in [1.29, 1.82) is 0 Å². The van der Waals surface area contributed by atoms with Crippen LogP contribution < -0.4 is 0 Å². The van der Waals surface area contributed by atoms with E-state index in [0.29, 0.717) is 12.8 Å². The van der Waals surface area contributed by atoms with Crippen LogP contribution in [0.25, 0.3) is 0 Å². The van der Waals surface area contributed by atoms with E-state index in [-0.39, 0.29) is 19.1 Å². The van der Waals surface area contributed by atoms with Crippen LogP contribution in [0.5, 0.6) is 0 Å². The molecule has 4 heteroatoms. The van der Waals surface area contributed by atoms with Gasteiger partial charge in [0.25, 0.3) is 0 Å². The molecule has 0 amide bonds. The van der Waals surface area contributed by atoms with Crippen molar-refractivity contribution in [3.05, 3.63) is 35.4 Å². The van der Waals surface area contributed by atoms with Crippen molar-refractivity contribution in [2.75, 3.05) is 13.2 Å². The molecule has 144 valence electrons. The monoisotopic (exact) mass is 360 g/mol. The molecule has 0 radical (unpaired) electrons. The van der Waals surface area contributed by atoms with E-state index in [1.165, 1.54) is 24.8 Å². The summed E-state index contributed by atoms with van der Waals surface area (Å²) in [6.45, 7) is 6.28. The molecule has 1 aliphatic carbocycles. The first-order valence-electron chi connectivity index (χ1n) is 10.0. The first-order valence-corrected chi connectivity index (χ1v) is 10.0. The van der Waals surface area contributed by atoms with Crippen molar-refractivity contribution in [3.63, 3.8) is 0 Å². The van der Waals surface area contributed by atoms with Crippen LogP contribution in [0.3, 0.4) is 0 Å². The minimum Gasteiger partial charge on any atom is -0.465 e. The molecule has 4 nitrogen and oxygen atoms in total. The average molecular weight is 360 g/mol. The lowest BCUT2D eigenvalue weighted by Gasteiger charge is -2.38. The largest absolute Gasteiger partial charge is 0.465 e. The molecule has 1 aromatic rings. The Balaban J connectivity index is 2.34. The van der Waals surface area contributed by atoms with E-state index in [4.69, 9.17) is 9.47 Å². The third-order valence-corrected chi connectivity index (χ3v) is 5.32. The lowest BCUT2D eigenvalue weighted by atomic mass is 9.65. The Bertz CT molecular complexity index is 590. The lowest BCUT2D eigenvalue weighted by Crippen LogP contribution is -2.47. The summed E-state index contributed by atoms with van der Waals surface area (Å²) in [4.78, 5) is 25.7. The maximum absolute atomic E-state index is 12.8. The van der Waals surface area contributed by atoms with Gasteiger partial charge >= 0.3 is 11.9 Å². The molecule has 2 rings (SSSR count). The van der Waals surface area contributed by atoms with E-state index in [1.54, 1.807) is 13.8 Å². The SMILES string of the molecule is CCCCCC[C@@H]1CC(C(=O)OCC)(C(=O)OCC)Cc2ccccc21. The predicted octanol–water partition coefficient (Wildman–Crippen LogP) is 4.80. The zero-order chi connectivity index (χ0) is 19.0. The summed E-state index contributed by atoms with van der Waals surface area (Å²) in [6, 6.07) is 8.18. The summed E-state index contributed by atoms with van der Waals surface area (Å²) in [5, 5.41) is 0. The number of benzene rings is 1. The number of unbranched alkanes of at least 4 members (excludes halogenated alkanes) is 3. The zero-order valence-corrected chi connectivity index (χ0v) is 16.4. The Morgan fingerprint density at radius 2 is 1.65 bits per heavy atom. The zero-order valence-electron chi connectivity index (χ0n) is 16.4. The maximum Gasteiger partial charge on any atom is 0.323 e. The molecule has 26 heavy (non-hydrogen) atoms. The first-order chi connectivity index (χ1) is 12.6. The van der Waals surface area contributed by atoms with Crippen LogP contribution in [0.4, 0.5) is 0 Å². The molecule has 1 aromatic carbocycles. The fourth-order valence-electron chi connectivity index (χ4n) is 4.03. The number of hydrogen-bond acceptors (Lipinski definition) is 4. The van der Waals surface area contributed by atoms with Crippen LogP contribution in [0.2, 0.25) is 0 Å². The van der Waals surface area contributed by atoms with Gasteiger partial charge in [0, 0.05) is 0 Å². The summed E-state index contributed by atoms with van der Waals surface area (Å²) >= 11 is 0. The lowest BCUT2D eigenvalue weighted by molar-refractivity contribution is -0.173. The molecule has 0 saturated carbocycles. The summed E-state index contributed by atoms with van der Waals surface area (Å²) in [5.41, 5.74) is 1.13. The number of carbonyl (C=O) groups excluding carboxylic acids is 2. The first kappa shape index (κ1) is 20.5. The van der Waals surface area contributed by atoms with Crippen LogP contribution in [-0.4, -0.2) is 25.2 Å². The second-order valence-electron chi connectivity index (χ2n) is 7.15. The molecule has 1 atom stereocenters. The Kier molecular flexibility index (Phi) is 7.67. The molecule has 0 aliphatic heterocycles. The van der Waals surface area contributed by atoms with Gasteiger partial charge in [-0.1, -0.05) is 56.9 Å². The van der Waals surface area contributed by atoms with Gasteiger partial charge in [0.2, 0.25) is 0 Å². The number of esters is 2. The molecular weight excluding hydrogens is 328 g/mol. The van der Waals surface area contributed by atoms with Crippen LogP contribution in [-0.2, 0) is 25.5 Å². The Morgan fingerprint density at radius 1 is 1.00 bits per heavy atom. The van der Waals surface area contributed by atoms with E-state index < -0.39 is 17.4 Å². The van der Waals surface area contributed by atoms with E-state index in [1.807, 2.05) is 18.2 Å². The highest BCUT2D eigenvalue weighted by Gasteiger charge is 2.53. The van der Waals surface area contributed by atoms with Gasteiger partial charge in [0.1, 0.15) is 0 Å². The van der Waals surface area contributed by atoms with E-state index >= 15 is 0 Å². The van der Waals surface area contributed by atoms with Gasteiger partial charge in [-0.05, 0) is 50.2 Å². The second kappa shape index (κ2) is 9.75. The summed E-state index contributed by atoms with van der Waals surface area (Å²) in [6.07, 6.45) is 6.53. The number of carbonyl (C=O) groups is 2. The molecular formula is C22H32O4. The van der Waals surface area contributed by atoms with Gasteiger partial charge in [0.15, 0.2) is 5.41 Å². The number of rotatable bonds is 9. The van der Waals surface area contributed by atoms with Crippen molar-refractivity contribution < 1.29 is 19.1 Å². The van der Waals surface area contributed by atoms with Crippen molar-refractivity contribution in [2.45, 2.75) is 71.6 Å². The smallest absolute Gasteiger partial charge is 0.323 e. The van der Waals surface area contributed by atoms with E-state index in [2.05, 4.69) is 13.0 Å². The highest BCUT2D eigenvalue weighted by atomic mass is 16.6. The molecule has 0 saturated heterocycles. The van der Waals surface area contributed by atoms with Crippen molar-refractivity contribution >= 4 is 11.9 Å². The molecule has 0 bridgehead atoms. The second-order valence-corrected chi connectivity index (χ2v) is 7.15. The van der Waals surface area contributed by atoms with E-state index in [9.17, 15) is 9.59 Å². The molecule has 0 N–H and O–H groups in total. The van der Waals surface area contributed by atoms with Gasteiger partial charge in [-0.3, -0.25) is 9.59 Å². The predicted molar refractivity (Wildman–Crippen MR) is 102 cm³/mol. The van der Waals surface area contributed by atoms with Crippen molar-refractivity contribution in [3.8, 4) is 0 Å². The summed E-state index contributed by atoms with van der Waals surface area (Å²) in [5.74, 6) is -0.691. The quantitative estimate of drug-likeness (QED) is 0.361. The number of hydrogen-bond donors (Lipinski definition) is 0. The highest BCUT2D eigenvalue weighted by molar-refractivity contribution is 6.01. The third-order valence-electron chi connectivity index (χ3n) is 5.32. The maximum atomic E-state index is 12.8. The fourth-order valence-corrected chi connectivity index (χ4v) is 4.03. The fraction of sp³-hybridized carbons (Fsp3) is 0.636. The summed E-state index contributed by atoms with van der Waals surface area (Å²) in [7, 11) is 0.